The van der Waals surface area contributed by atoms with Crippen LogP contribution in [0.3, 0.4) is 0 Å². The standard InChI is InChI=1S/C13H18O2/c14-11-13(6-7-13)8-9-15-10-12-4-2-1-3-5-12/h1-5,14H,6-11H2. The molecule has 0 aromatic heterocycles. The highest BCUT2D eigenvalue weighted by atomic mass is 16.5. The Morgan fingerprint density at radius 3 is 2.53 bits per heavy atom. The first kappa shape index (κ1) is 10.7. The van der Waals surface area contributed by atoms with E-state index in [1.54, 1.807) is 0 Å². The maximum Gasteiger partial charge on any atom is 0.0716 e. The molecule has 0 aliphatic heterocycles. The highest BCUT2D eigenvalue weighted by Gasteiger charge is 2.41. The molecule has 0 heterocycles. The molecular formula is C13H18O2. The fourth-order valence-electron chi connectivity index (χ4n) is 1.72. The van der Waals surface area contributed by atoms with Gasteiger partial charge in [0.05, 0.1) is 6.61 Å². The third-order valence-corrected chi connectivity index (χ3v) is 3.18. The largest absolute Gasteiger partial charge is 0.396 e. The van der Waals surface area contributed by atoms with Crippen LogP contribution in [0, 0.1) is 5.41 Å². The van der Waals surface area contributed by atoms with E-state index in [1.807, 2.05) is 18.2 Å². The quantitative estimate of drug-likeness (QED) is 0.724. The molecule has 1 N–H and O–H groups in total. The summed E-state index contributed by atoms with van der Waals surface area (Å²) in [5.41, 5.74) is 1.43. The van der Waals surface area contributed by atoms with Gasteiger partial charge in [0, 0.05) is 13.2 Å². The first-order valence-corrected chi connectivity index (χ1v) is 5.57. The molecule has 1 aliphatic carbocycles. The molecule has 1 saturated carbocycles. The minimum Gasteiger partial charge on any atom is -0.396 e. The number of aliphatic hydroxyl groups excluding tert-OH is 1. The van der Waals surface area contributed by atoms with Gasteiger partial charge in [0.1, 0.15) is 0 Å². The Hall–Kier alpha value is -0.860. The van der Waals surface area contributed by atoms with E-state index in [0.29, 0.717) is 13.2 Å². The van der Waals surface area contributed by atoms with Crippen LogP contribution in [0.15, 0.2) is 30.3 Å². The fourth-order valence-corrected chi connectivity index (χ4v) is 1.72. The lowest BCUT2D eigenvalue weighted by atomic mass is 10.1. The van der Waals surface area contributed by atoms with Crippen LogP contribution >= 0.6 is 0 Å². The van der Waals surface area contributed by atoms with E-state index >= 15 is 0 Å². The lowest BCUT2D eigenvalue weighted by Gasteiger charge is -2.11. The topological polar surface area (TPSA) is 29.5 Å². The number of benzene rings is 1. The van der Waals surface area contributed by atoms with Crippen LogP contribution in [0.4, 0.5) is 0 Å². The second-order valence-electron chi connectivity index (χ2n) is 4.45. The zero-order valence-electron chi connectivity index (χ0n) is 8.98. The predicted molar refractivity (Wildman–Crippen MR) is 59.5 cm³/mol. The average Bonchev–Trinajstić information content (AvgIpc) is 3.07. The third-order valence-electron chi connectivity index (χ3n) is 3.18. The fraction of sp³-hybridized carbons (Fsp3) is 0.538. The first-order chi connectivity index (χ1) is 7.35. The highest BCUT2D eigenvalue weighted by Crippen LogP contribution is 2.48. The van der Waals surface area contributed by atoms with E-state index in [0.717, 1.165) is 25.9 Å². The van der Waals surface area contributed by atoms with Gasteiger partial charge in [-0.1, -0.05) is 30.3 Å². The summed E-state index contributed by atoms with van der Waals surface area (Å²) in [5.74, 6) is 0. The molecule has 2 rings (SSSR count). The van der Waals surface area contributed by atoms with Crippen molar-refractivity contribution in [3.05, 3.63) is 35.9 Å². The Morgan fingerprint density at radius 2 is 1.93 bits per heavy atom. The SMILES string of the molecule is OCC1(CCOCc2ccccc2)CC1. The number of hydrogen-bond acceptors (Lipinski definition) is 2. The number of aliphatic hydroxyl groups is 1. The Labute approximate surface area is 90.9 Å². The molecule has 0 bridgehead atoms. The average molecular weight is 206 g/mol. The minimum absolute atomic E-state index is 0.219. The van der Waals surface area contributed by atoms with Crippen molar-refractivity contribution < 1.29 is 9.84 Å². The van der Waals surface area contributed by atoms with Crippen LogP contribution in [0.5, 0.6) is 0 Å². The van der Waals surface area contributed by atoms with Gasteiger partial charge in [-0.05, 0) is 30.2 Å². The van der Waals surface area contributed by atoms with Gasteiger partial charge in [0.2, 0.25) is 0 Å². The molecule has 2 heteroatoms. The van der Waals surface area contributed by atoms with Crippen molar-refractivity contribution in [3.8, 4) is 0 Å². The highest BCUT2D eigenvalue weighted by molar-refractivity contribution is 5.13. The molecule has 82 valence electrons. The molecule has 0 saturated heterocycles. The van der Waals surface area contributed by atoms with Gasteiger partial charge < -0.3 is 9.84 Å². The normalized spacial score (nSPS) is 17.7. The zero-order chi connectivity index (χ0) is 10.6. The first-order valence-electron chi connectivity index (χ1n) is 5.57. The Morgan fingerprint density at radius 1 is 1.20 bits per heavy atom. The molecule has 15 heavy (non-hydrogen) atoms. The molecule has 1 aliphatic rings. The zero-order valence-corrected chi connectivity index (χ0v) is 8.98. The van der Waals surface area contributed by atoms with Gasteiger partial charge >= 0.3 is 0 Å². The summed E-state index contributed by atoms with van der Waals surface area (Å²) in [4.78, 5) is 0. The molecule has 0 radical (unpaired) electrons. The van der Waals surface area contributed by atoms with Crippen molar-refractivity contribution in [1.29, 1.82) is 0 Å². The number of ether oxygens (including phenoxy) is 1. The van der Waals surface area contributed by atoms with Gasteiger partial charge in [-0.2, -0.15) is 0 Å². The summed E-state index contributed by atoms with van der Waals surface area (Å²) in [5, 5.41) is 9.12. The van der Waals surface area contributed by atoms with E-state index in [2.05, 4.69) is 12.1 Å². The summed E-state index contributed by atoms with van der Waals surface area (Å²) >= 11 is 0. The molecule has 1 fully saturated rings. The third kappa shape index (κ3) is 3.05. The van der Waals surface area contributed by atoms with Crippen molar-refractivity contribution in [1.82, 2.24) is 0 Å². The minimum atomic E-state index is 0.219. The summed E-state index contributed by atoms with van der Waals surface area (Å²) in [6.07, 6.45) is 3.33. The smallest absolute Gasteiger partial charge is 0.0716 e. The summed E-state index contributed by atoms with van der Waals surface area (Å²) in [7, 11) is 0. The Balaban J connectivity index is 1.63. The van der Waals surface area contributed by atoms with Crippen molar-refractivity contribution in [2.45, 2.75) is 25.9 Å². The molecule has 1 aromatic rings. The van der Waals surface area contributed by atoms with Gasteiger partial charge in [-0.25, -0.2) is 0 Å². The van der Waals surface area contributed by atoms with Gasteiger partial charge in [-0.3, -0.25) is 0 Å². The van der Waals surface area contributed by atoms with Gasteiger partial charge in [-0.15, -0.1) is 0 Å². The van der Waals surface area contributed by atoms with Crippen molar-refractivity contribution in [2.24, 2.45) is 5.41 Å². The second-order valence-corrected chi connectivity index (χ2v) is 4.45. The van der Waals surface area contributed by atoms with Crippen LogP contribution in [-0.2, 0) is 11.3 Å². The molecule has 0 atom stereocenters. The maximum atomic E-state index is 9.12. The van der Waals surface area contributed by atoms with Crippen LogP contribution in [-0.4, -0.2) is 18.3 Å². The molecule has 0 unspecified atom stereocenters. The van der Waals surface area contributed by atoms with E-state index in [-0.39, 0.29) is 5.41 Å². The lowest BCUT2D eigenvalue weighted by molar-refractivity contribution is 0.0892. The van der Waals surface area contributed by atoms with E-state index in [9.17, 15) is 0 Å². The number of hydrogen-bond donors (Lipinski definition) is 1. The van der Waals surface area contributed by atoms with Gasteiger partial charge in [0.15, 0.2) is 0 Å². The van der Waals surface area contributed by atoms with Crippen LogP contribution < -0.4 is 0 Å². The molecule has 2 nitrogen and oxygen atoms in total. The Bertz CT molecular complexity index is 291. The van der Waals surface area contributed by atoms with Crippen LogP contribution in [0.2, 0.25) is 0 Å². The Kier molecular flexibility index (Phi) is 3.39. The lowest BCUT2D eigenvalue weighted by Crippen LogP contribution is -2.10. The van der Waals surface area contributed by atoms with Crippen molar-refractivity contribution in [2.75, 3.05) is 13.2 Å². The van der Waals surface area contributed by atoms with E-state index in [1.165, 1.54) is 5.56 Å². The van der Waals surface area contributed by atoms with Crippen LogP contribution in [0.1, 0.15) is 24.8 Å². The van der Waals surface area contributed by atoms with Crippen LogP contribution in [0.25, 0.3) is 0 Å². The predicted octanol–water partition coefficient (Wildman–Crippen LogP) is 2.37. The molecular weight excluding hydrogens is 188 g/mol. The summed E-state index contributed by atoms with van der Waals surface area (Å²) in [6.45, 7) is 1.76. The number of rotatable bonds is 6. The van der Waals surface area contributed by atoms with E-state index < -0.39 is 0 Å². The summed E-state index contributed by atoms with van der Waals surface area (Å²) in [6, 6.07) is 10.2. The molecule has 0 amide bonds. The monoisotopic (exact) mass is 206 g/mol. The molecule has 1 aromatic carbocycles. The van der Waals surface area contributed by atoms with Crippen molar-refractivity contribution >= 4 is 0 Å². The summed E-state index contributed by atoms with van der Waals surface area (Å²) < 4.78 is 5.59. The second kappa shape index (κ2) is 4.77. The van der Waals surface area contributed by atoms with E-state index in [4.69, 9.17) is 9.84 Å². The van der Waals surface area contributed by atoms with Crippen molar-refractivity contribution in [3.63, 3.8) is 0 Å². The van der Waals surface area contributed by atoms with Gasteiger partial charge in [0.25, 0.3) is 0 Å². The molecule has 0 spiro atoms. The maximum absolute atomic E-state index is 9.12.